The molecule has 3 amide bonds. The molecule has 2 aliphatic heterocycles. The van der Waals surface area contributed by atoms with Crippen LogP contribution in [-0.2, 0) is 10.0 Å². The second kappa shape index (κ2) is 5.67. The molecule has 2 aliphatic rings. The highest BCUT2D eigenvalue weighted by molar-refractivity contribution is 7.89. The summed E-state index contributed by atoms with van der Waals surface area (Å²) in [5.74, 6) is -2.77. The standard InChI is InChI=1S/C15H17N3O5S/c1-24(22,23)18-14(20)10-3-2-9(8-4-6-17-7-5-8)11(13(16)19)12(10)15(18)21/h2-3,8,17H,4-7H2,1H3,(H2,16,19). The van der Waals surface area contributed by atoms with Crippen molar-refractivity contribution in [1.29, 1.82) is 0 Å². The molecular weight excluding hydrogens is 334 g/mol. The van der Waals surface area contributed by atoms with E-state index in [4.69, 9.17) is 5.73 Å². The number of carbonyl (C=O) groups is 3. The average molecular weight is 351 g/mol. The van der Waals surface area contributed by atoms with Gasteiger partial charge in [-0.3, -0.25) is 14.4 Å². The summed E-state index contributed by atoms with van der Waals surface area (Å²) in [6.07, 6.45) is 2.29. The summed E-state index contributed by atoms with van der Waals surface area (Å²) >= 11 is 0. The van der Waals surface area contributed by atoms with Crippen molar-refractivity contribution < 1.29 is 22.8 Å². The van der Waals surface area contributed by atoms with Crippen LogP contribution in [0.15, 0.2) is 12.1 Å². The molecule has 1 aromatic rings. The Morgan fingerprint density at radius 3 is 2.38 bits per heavy atom. The number of hydrogen-bond acceptors (Lipinski definition) is 6. The molecule has 1 aromatic carbocycles. The lowest BCUT2D eigenvalue weighted by Gasteiger charge is -2.25. The molecule has 1 saturated heterocycles. The second-order valence-corrected chi connectivity index (χ2v) is 7.81. The van der Waals surface area contributed by atoms with E-state index in [1.807, 2.05) is 0 Å². The molecule has 128 valence electrons. The van der Waals surface area contributed by atoms with Crippen LogP contribution < -0.4 is 11.1 Å². The van der Waals surface area contributed by atoms with E-state index in [2.05, 4.69) is 5.32 Å². The van der Waals surface area contributed by atoms with Crippen molar-refractivity contribution in [2.45, 2.75) is 18.8 Å². The fourth-order valence-electron chi connectivity index (χ4n) is 3.36. The van der Waals surface area contributed by atoms with Crippen molar-refractivity contribution in [1.82, 2.24) is 9.62 Å². The molecule has 8 nitrogen and oxygen atoms in total. The van der Waals surface area contributed by atoms with Gasteiger partial charge in [0.15, 0.2) is 0 Å². The number of fused-ring (bicyclic) bond motifs is 1. The number of amides is 3. The highest BCUT2D eigenvalue weighted by Gasteiger charge is 2.44. The maximum absolute atomic E-state index is 12.5. The maximum atomic E-state index is 12.5. The maximum Gasteiger partial charge on any atom is 0.276 e. The van der Waals surface area contributed by atoms with Crippen LogP contribution in [0.5, 0.6) is 0 Å². The first-order valence-electron chi connectivity index (χ1n) is 7.50. The molecule has 1 fully saturated rings. The quantitative estimate of drug-likeness (QED) is 0.727. The molecule has 2 heterocycles. The van der Waals surface area contributed by atoms with Gasteiger partial charge in [0, 0.05) is 0 Å². The van der Waals surface area contributed by atoms with Gasteiger partial charge in [-0.2, -0.15) is 4.31 Å². The van der Waals surface area contributed by atoms with E-state index in [0.717, 1.165) is 32.2 Å². The first kappa shape index (κ1) is 16.6. The Hall–Kier alpha value is -2.26. The van der Waals surface area contributed by atoms with E-state index < -0.39 is 27.7 Å². The molecule has 0 atom stereocenters. The fourth-order valence-corrected chi connectivity index (χ4v) is 4.15. The summed E-state index contributed by atoms with van der Waals surface area (Å²) in [7, 11) is -4.08. The van der Waals surface area contributed by atoms with Crippen LogP contribution in [-0.4, -0.2) is 49.8 Å². The lowest BCUT2D eigenvalue weighted by atomic mass is 9.84. The molecule has 3 rings (SSSR count). The van der Waals surface area contributed by atoms with Crippen molar-refractivity contribution >= 4 is 27.7 Å². The molecule has 24 heavy (non-hydrogen) atoms. The van der Waals surface area contributed by atoms with E-state index in [9.17, 15) is 22.8 Å². The zero-order valence-corrected chi connectivity index (χ0v) is 13.9. The number of benzene rings is 1. The van der Waals surface area contributed by atoms with Crippen LogP contribution in [0.3, 0.4) is 0 Å². The predicted molar refractivity (Wildman–Crippen MR) is 85.1 cm³/mol. The van der Waals surface area contributed by atoms with Crippen molar-refractivity contribution in [3.63, 3.8) is 0 Å². The Balaban J connectivity index is 2.20. The van der Waals surface area contributed by atoms with Gasteiger partial charge in [0.2, 0.25) is 15.9 Å². The molecule has 0 aliphatic carbocycles. The van der Waals surface area contributed by atoms with Gasteiger partial charge in [-0.1, -0.05) is 6.07 Å². The summed E-state index contributed by atoms with van der Waals surface area (Å²) in [5, 5.41) is 3.20. The Morgan fingerprint density at radius 1 is 1.21 bits per heavy atom. The van der Waals surface area contributed by atoms with Gasteiger partial charge < -0.3 is 11.1 Å². The molecule has 0 saturated carbocycles. The first-order chi connectivity index (χ1) is 11.2. The number of nitrogens with two attached hydrogens (primary N) is 1. The van der Waals surface area contributed by atoms with Crippen molar-refractivity contribution in [2.75, 3.05) is 19.3 Å². The summed E-state index contributed by atoms with van der Waals surface area (Å²) in [5.41, 5.74) is 5.73. The number of nitrogens with zero attached hydrogens (tertiary/aromatic N) is 1. The molecule has 3 N–H and O–H groups in total. The number of rotatable bonds is 3. The zero-order valence-electron chi connectivity index (χ0n) is 13.0. The third-order valence-corrected chi connectivity index (χ3v) is 5.40. The Labute approximate surface area is 139 Å². The summed E-state index contributed by atoms with van der Waals surface area (Å²) in [6, 6.07) is 3.01. The van der Waals surface area contributed by atoms with Crippen molar-refractivity contribution in [2.24, 2.45) is 5.73 Å². The lowest BCUT2D eigenvalue weighted by Crippen LogP contribution is -2.35. The molecule has 0 radical (unpaired) electrons. The predicted octanol–water partition coefficient (Wildman–Crippen LogP) is -0.192. The van der Waals surface area contributed by atoms with Gasteiger partial charge in [0.05, 0.1) is 22.9 Å². The summed E-state index contributed by atoms with van der Waals surface area (Å²) < 4.78 is 23.7. The van der Waals surface area contributed by atoms with Crippen LogP contribution in [0.2, 0.25) is 0 Å². The van der Waals surface area contributed by atoms with Gasteiger partial charge in [-0.15, -0.1) is 0 Å². The number of hydrogen-bond donors (Lipinski definition) is 2. The van der Waals surface area contributed by atoms with Gasteiger partial charge in [0.1, 0.15) is 0 Å². The van der Waals surface area contributed by atoms with E-state index in [1.165, 1.54) is 6.07 Å². The number of carbonyl (C=O) groups excluding carboxylic acids is 3. The second-order valence-electron chi connectivity index (χ2n) is 5.98. The Kier molecular flexibility index (Phi) is 3.92. The van der Waals surface area contributed by atoms with E-state index in [1.54, 1.807) is 6.07 Å². The first-order valence-corrected chi connectivity index (χ1v) is 9.34. The normalized spacial score (nSPS) is 18.8. The van der Waals surface area contributed by atoms with E-state index in [-0.39, 0.29) is 26.9 Å². The SMILES string of the molecule is CS(=O)(=O)N1C(=O)c2ccc(C3CCNCC3)c(C(N)=O)c2C1=O. The minimum Gasteiger partial charge on any atom is -0.366 e. The minimum atomic E-state index is -4.08. The highest BCUT2D eigenvalue weighted by atomic mass is 32.2. The van der Waals surface area contributed by atoms with Gasteiger partial charge in [0.25, 0.3) is 11.8 Å². The number of primary amides is 1. The van der Waals surface area contributed by atoms with E-state index in [0.29, 0.717) is 5.56 Å². The lowest BCUT2D eigenvalue weighted by molar-refractivity contribution is 0.0763. The fraction of sp³-hybridized carbons (Fsp3) is 0.400. The number of imide groups is 1. The zero-order chi connectivity index (χ0) is 17.6. The largest absolute Gasteiger partial charge is 0.366 e. The number of piperidine rings is 1. The molecular formula is C15H17N3O5S. The minimum absolute atomic E-state index is 0.0224. The Bertz CT molecular complexity index is 856. The Morgan fingerprint density at radius 2 is 1.83 bits per heavy atom. The van der Waals surface area contributed by atoms with E-state index >= 15 is 0 Å². The topological polar surface area (TPSA) is 127 Å². The van der Waals surface area contributed by atoms with Gasteiger partial charge in [-0.25, -0.2) is 8.42 Å². The monoisotopic (exact) mass is 351 g/mol. The van der Waals surface area contributed by atoms with Gasteiger partial charge >= 0.3 is 0 Å². The number of nitrogens with one attached hydrogen (secondary N) is 1. The van der Waals surface area contributed by atoms with Crippen LogP contribution in [0.25, 0.3) is 0 Å². The molecule has 0 unspecified atom stereocenters. The third-order valence-electron chi connectivity index (χ3n) is 4.41. The average Bonchev–Trinajstić information content (AvgIpc) is 2.78. The third kappa shape index (κ3) is 2.49. The molecule has 0 spiro atoms. The van der Waals surface area contributed by atoms with Crippen LogP contribution in [0.1, 0.15) is 55.4 Å². The van der Waals surface area contributed by atoms with Gasteiger partial charge in [-0.05, 0) is 43.5 Å². The number of sulfonamides is 1. The molecule has 9 heteroatoms. The van der Waals surface area contributed by atoms with Crippen LogP contribution in [0, 0.1) is 0 Å². The van der Waals surface area contributed by atoms with Crippen LogP contribution in [0.4, 0.5) is 0 Å². The highest BCUT2D eigenvalue weighted by Crippen LogP contribution is 2.35. The van der Waals surface area contributed by atoms with Crippen molar-refractivity contribution in [3.8, 4) is 0 Å². The van der Waals surface area contributed by atoms with Crippen molar-refractivity contribution in [3.05, 3.63) is 34.4 Å². The smallest absolute Gasteiger partial charge is 0.276 e. The molecule has 0 bridgehead atoms. The van der Waals surface area contributed by atoms with Crippen LogP contribution >= 0.6 is 0 Å². The summed E-state index contributed by atoms with van der Waals surface area (Å²) in [6.45, 7) is 1.53. The molecule has 0 aromatic heterocycles. The summed E-state index contributed by atoms with van der Waals surface area (Å²) in [4.78, 5) is 36.8.